The lowest BCUT2D eigenvalue weighted by Crippen LogP contribution is -2.22. The van der Waals surface area contributed by atoms with Gasteiger partial charge in [-0.05, 0) is 30.2 Å². The molecule has 4 nitrogen and oxygen atoms in total. The van der Waals surface area contributed by atoms with Crippen LogP contribution in [0.4, 0.5) is 0 Å². The van der Waals surface area contributed by atoms with Crippen LogP contribution in [-0.4, -0.2) is 15.9 Å². The molecule has 0 fully saturated rings. The number of carbonyl (C=O) groups excluding carboxylic acids is 1. The Morgan fingerprint density at radius 1 is 1.35 bits per heavy atom. The summed E-state index contributed by atoms with van der Waals surface area (Å²) in [5.41, 5.74) is 2.03. The number of nitrogens with one attached hydrogen (secondary N) is 2. The molecule has 0 aliphatic rings. The van der Waals surface area contributed by atoms with Crippen molar-refractivity contribution >= 4 is 5.91 Å². The Hall–Kier alpha value is -2.10. The van der Waals surface area contributed by atoms with Crippen LogP contribution in [0.25, 0.3) is 0 Å². The number of aromatic nitrogens is 2. The van der Waals surface area contributed by atoms with E-state index < -0.39 is 0 Å². The Labute approximate surface area is 100 Å². The first-order valence-corrected chi connectivity index (χ1v) is 5.63. The van der Waals surface area contributed by atoms with E-state index in [4.69, 9.17) is 0 Å². The van der Waals surface area contributed by atoms with Gasteiger partial charge < -0.3 is 10.3 Å². The molecule has 0 atom stereocenters. The van der Waals surface area contributed by atoms with Gasteiger partial charge in [0.25, 0.3) is 0 Å². The second kappa shape index (κ2) is 5.84. The summed E-state index contributed by atoms with van der Waals surface area (Å²) in [6.45, 7) is 0.574. The molecule has 0 bridgehead atoms. The van der Waals surface area contributed by atoms with Crippen molar-refractivity contribution in [3.63, 3.8) is 0 Å². The fourth-order valence-corrected chi connectivity index (χ4v) is 1.55. The Balaban J connectivity index is 1.71. The average Bonchev–Trinajstić information content (AvgIpc) is 2.88. The fraction of sp³-hybridized carbons (Fsp3) is 0.231. The number of hydrogen-bond acceptors (Lipinski definition) is 2. The van der Waals surface area contributed by atoms with Gasteiger partial charge in [0.05, 0.1) is 0 Å². The Morgan fingerprint density at radius 3 is 3.00 bits per heavy atom. The molecular weight excluding hydrogens is 214 g/mol. The molecule has 2 heterocycles. The minimum atomic E-state index is 0.0526. The predicted molar refractivity (Wildman–Crippen MR) is 65.2 cm³/mol. The number of rotatable bonds is 5. The summed E-state index contributed by atoms with van der Waals surface area (Å²) in [6.07, 6.45) is 6.61. The summed E-state index contributed by atoms with van der Waals surface area (Å²) in [5.74, 6) is 0.0526. The largest absolute Gasteiger partial charge is 0.367 e. The van der Waals surface area contributed by atoms with Crippen LogP contribution in [0.5, 0.6) is 0 Å². The van der Waals surface area contributed by atoms with Gasteiger partial charge in [0, 0.05) is 37.3 Å². The molecule has 0 aliphatic heterocycles. The van der Waals surface area contributed by atoms with Gasteiger partial charge in [-0.2, -0.15) is 0 Å². The van der Waals surface area contributed by atoms with Gasteiger partial charge in [-0.25, -0.2) is 0 Å². The van der Waals surface area contributed by atoms with Crippen LogP contribution in [-0.2, 0) is 17.8 Å². The van der Waals surface area contributed by atoms with Crippen molar-refractivity contribution < 1.29 is 4.79 Å². The molecule has 1 amide bonds. The zero-order valence-electron chi connectivity index (χ0n) is 9.52. The van der Waals surface area contributed by atoms with Gasteiger partial charge in [-0.15, -0.1) is 0 Å². The molecule has 0 radical (unpaired) electrons. The van der Waals surface area contributed by atoms with Crippen LogP contribution in [0.15, 0.2) is 42.9 Å². The lowest BCUT2D eigenvalue weighted by atomic mass is 10.2. The summed E-state index contributed by atoms with van der Waals surface area (Å²) in [4.78, 5) is 18.7. The number of nitrogens with zero attached hydrogens (tertiary/aromatic N) is 1. The lowest BCUT2D eigenvalue weighted by molar-refractivity contribution is -0.121. The van der Waals surface area contributed by atoms with E-state index in [1.54, 1.807) is 6.20 Å². The minimum absolute atomic E-state index is 0.0526. The van der Waals surface area contributed by atoms with Crippen molar-refractivity contribution in [2.75, 3.05) is 0 Å². The second-order valence-electron chi connectivity index (χ2n) is 3.82. The Bertz CT molecular complexity index is 451. The first-order valence-electron chi connectivity index (χ1n) is 5.63. The summed E-state index contributed by atoms with van der Waals surface area (Å²) < 4.78 is 0. The van der Waals surface area contributed by atoms with Gasteiger partial charge in [0.1, 0.15) is 0 Å². The summed E-state index contributed by atoms with van der Waals surface area (Å²) in [6, 6.07) is 7.67. The quantitative estimate of drug-likeness (QED) is 0.819. The molecule has 0 spiro atoms. The van der Waals surface area contributed by atoms with Gasteiger partial charge in [-0.3, -0.25) is 9.78 Å². The van der Waals surface area contributed by atoms with Gasteiger partial charge in [-0.1, -0.05) is 6.07 Å². The van der Waals surface area contributed by atoms with Gasteiger partial charge in [0.2, 0.25) is 5.91 Å². The van der Waals surface area contributed by atoms with Crippen molar-refractivity contribution in [1.29, 1.82) is 0 Å². The number of hydrogen-bond donors (Lipinski definition) is 2. The number of H-pyrrole nitrogens is 1. The molecule has 0 saturated heterocycles. The standard InChI is InChI=1S/C13H15N3O/c17-13(16-10-11-6-8-14-9-11)5-4-12-3-1-2-7-15-12/h1-3,6-9,14H,4-5,10H2,(H,16,17). The maximum absolute atomic E-state index is 11.6. The monoisotopic (exact) mass is 229 g/mol. The first-order chi connectivity index (χ1) is 8.34. The van der Waals surface area contributed by atoms with E-state index in [9.17, 15) is 4.79 Å². The molecule has 2 aromatic heterocycles. The van der Waals surface area contributed by atoms with Gasteiger partial charge >= 0.3 is 0 Å². The molecule has 2 aromatic rings. The zero-order valence-corrected chi connectivity index (χ0v) is 9.52. The third kappa shape index (κ3) is 3.75. The van der Waals surface area contributed by atoms with Crippen LogP contribution in [0, 0.1) is 0 Å². The zero-order chi connectivity index (χ0) is 11.9. The Morgan fingerprint density at radius 2 is 2.29 bits per heavy atom. The highest BCUT2D eigenvalue weighted by Crippen LogP contribution is 1.99. The maximum atomic E-state index is 11.6. The molecule has 88 valence electrons. The van der Waals surface area contributed by atoms with E-state index in [1.807, 2.05) is 36.7 Å². The van der Waals surface area contributed by atoms with Crippen molar-refractivity contribution in [3.05, 3.63) is 54.1 Å². The molecule has 0 unspecified atom stereocenters. The van der Waals surface area contributed by atoms with E-state index in [-0.39, 0.29) is 5.91 Å². The fourth-order valence-electron chi connectivity index (χ4n) is 1.55. The molecular formula is C13H15N3O. The molecule has 0 aromatic carbocycles. The first kappa shape index (κ1) is 11.4. The van der Waals surface area contributed by atoms with Crippen LogP contribution in [0.2, 0.25) is 0 Å². The maximum Gasteiger partial charge on any atom is 0.220 e. The summed E-state index contributed by atoms with van der Waals surface area (Å²) in [5, 5.41) is 2.87. The highest BCUT2D eigenvalue weighted by Gasteiger charge is 2.02. The van der Waals surface area contributed by atoms with Crippen LogP contribution in [0.3, 0.4) is 0 Å². The highest BCUT2D eigenvalue weighted by atomic mass is 16.1. The SMILES string of the molecule is O=C(CCc1ccccn1)NCc1cc[nH]c1. The molecule has 4 heteroatoms. The number of carbonyl (C=O) groups is 1. The van der Waals surface area contributed by atoms with Crippen molar-refractivity contribution in [3.8, 4) is 0 Å². The number of pyridine rings is 1. The third-order valence-electron chi connectivity index (χ3n) is 2.49. The minimum Gasteiger partial charge on any atom is -0.367 e. The predicted octanol–water partition coefficient (Wildman–Crippen LogP) is 1.66. The normalized spacial score (nSPS) is 10.1. The van der Waals surface area contributed by atoms with E-state index in [0.29, 0.717) is 19.4 Å². The van der Waals surface area contributed by atoms with E-state index in [0.717, 1.165) is 11.3 Å². The van der Waals surface area contributed by atoms with E-state index in [1.165, 1.54) is 0 Å². The third-order valence-corrected chi connectivity index (χ3v) is 2.49. The van der Waals surface area contributed by atoms with Crippen LogP contribution >= 0.6 is 0 Å². The van der Waals surface area contributed by atoms with E-state index in [2.05, 4.69) is 15.3 Å². The van der Waals surface area contributed by atoms with Crippen molar-refractivity contribution in [2.24, 2.45) is 0 Å². The number of aryl methyl sites for hydroxylation is 1. The topological polar surface area (TPSA) is 57.8 Å². The van der Waals surface area contributed by atoms with Crippen molar-refractivity contribution in [2.45, 2.75) is 19.4 Å². The number of amides is 1. The van der Waals surface area contributed by atoms with Crippen molar-refractivity contribution in [1.82, 2.24) is 15.3 Å². The summed E-state index contributed by atoms with van der Waals surface area (Å²) >= 11 is 0. The number of aromatic amines is 1. The lowest BCUT2D eigenvalue weighted by Gasteiger charge is -2.03. The average molecular weight is 229 g/mol. The highest BCUT2D eigenvalue weighted by molar-refractivity contribution is 5.76. The van der Waals surface area contributed by atoms with Gasteiger partial charge in [0.15, 0.2) is 0 Å². The Kier molecular flexibility index (Phi) is 3.91. The van der Waals surface area contributed by atoms with Crippen LogP contribution < -0.4 is 5.32 Å². The molecule has 17 heavy (non-hydrogen) atoms. The second-order valence-corrected chi connectivity index (χ2v) is 3.82. The summed E-state index contributed by atoms with van der Waals surface area (Å²) in [7, 11) is 0. The molecule has 0 aliphatic carbocycles. The van der Waals surface area contributed by atoms with E-state index >= 15 is 0 Å². The molecule has 2 N–H and O–H groups in total. The van der Waals surface area contributed by atoms with Crippen LogP contribution in [0.1, 0.15) is 17.7 Å². The smallest absolute Gasteiger partial charge is 0.220 e. The molecule has 0 saturated carbocycles. The molecule has 2 rings (SSSR count).